The Morgan fingerprint density at radius 1 is 1.14 bits per heavy atom. The zero-order valence-electron chi connectivity index (χ0n) is 12.2. The van der Waals surface area contributed by atoms with E-state index >= 15 is 0 Å². The molecule has 2 N–H and O–H groups in total. The van der Waals surface area contributed by atoms with Crippen LogP contribution in [0.2, 0.25) is 5.02 Å². The fraction of sp³-hybridized carbons (Fsp3) is 0.312. The first-order valence-electron chi connectivity index (χ1n) is 6.71. The number of pyridine rings is 1. The number of benzene rings is 1. The number of rotatable bonds is 6. The van der Waals surface area contributed by atoms with Crippen LogP contribution in [-0.4, -0.2) is 18.2 Å². The van der Waals surface area contributed by atoms with Crippen molar-refractivity contribution in [3.05, 3.63) is 53.3 Å². The van der Waals surface area contributed by atoms with E-state index < -0.39 is 5.60 Å². The predicted molar refractivity (Wildman–Crippen MR) is 84.6 cm³/mol. The highest BCUT2D eigenvalue weighted by atomic mass is 35.5. The quantitative estimate of drug-likeness (QED) is 0.654. The topological polar surface area (TPSA) is 57.4 Å². The minimum absolute atomic E-state index is 0.459. The molecule has 0 spiro atoms. The second kappa shape index (κ2) is 6.78. The van der Waals surface area contributed by atoms with Crippen LogP contribution < -0.4 is 10.5 Å². The van der Waals surface area contributed by atoms with Gasteiger partial charge in [-0.3, -0.25) is 4.98 Å². The van der Waals surface area contributed by atoms with Crippen LogP contribution in [0.25, 0.3) is 0 Å². The lowest BCUT2D eigenvalue weighted by molar-refractivity contribution is -0.0336. The van der Waals surface area contributed by atoms with Gasteiger partial charge in [0, 0.05) is 12.4 Å². The van der Waals surface area contributed by atoms with Crippen molar-refractivity contribution in [3.8, 4) is 5.75 Å². The molecule has 0 saturated carbocycles. The molecule has 0 aliphatic carbocycles. The molecular formula is C16H19ClN2O2. The van der Waals surface area contributed by atoms with Gasteiger partial charge < -0.3 is 15.2 Å². The van der Waals surface area contributed by atoms with E-state index in [9.17, 15) is 0 Å². The highest BCUT2D eigenvalue weighted by molar-refractivity contribution is 6.33. The lowest BCUT2D eigenvalue weighted by Gasteiger charge is -2.26. The van der Waals surface area contributed by atoms with Crippen molar-refractivity contribution in [1.82, 2.24) is 4.98 Å². The smallest absolute Gasteiger partial charge is 0.122 e. The molecular weight excluding hydrogens is 288 g/mol. The Balaban J connectivity index is 1.87. The summed E-state index contributed by atoms with van der Waals surface area (Å²) in [5.41, 5.74) is 6.81. The van der Waals surface area contributed by atoms with Gasteiger partial charge in [-0.05, 0) is 43.7 Å². The maximum Gasteiger partial charge on any atom is 0.122 e. The molecule has 2 rings (SSSR count). The summed E-state index contributed by atoms with van der Waals surface area (Å²) in [7, 11) is 0. The second-order valence-electron chi connectivity index (χ2n) is 5.13. The van der Waals surface area contributed by atoms with Gasteiger partial charge in [0.25, 0.3) is 0 Å². The van der Waals surface area contributed by atoms with Gasteiger partial charge in [-0.15, -0.1) is 0 Å². The van der Waals surface area contributed by atoms with Gasteiger partial charge in [-0.1, -0.05) is 17.7 Å². The summed E-state index contributed by atoms with van der Waals surface area (Å²) in [5.74, 6) is 0.780. The van der Waals surface area contributed by atoms with Crippen LogP contribution in [0.15, 0.2) is 42.7 Å². The maximum atomic E-state index is 6.05. The maximum absolute atomic E-state index is 6.05. The van der Waals surface area contributed by atoms with Gasteiger partial charge in [0.2, 0.25) is 0 Å². The van der Waals surface area contributed by atoms with Gasteiger partial charge in [0.1, 0.15) is 12.4 Å². The van der Waals surface area contributed by atoms with Crippen LogP contribution in [0.1, 0.15) is 19.4 Å². The van der Waals surface area contributed by atoms with Gasteiger partial charge in [-0.2, -0.15) is 0 Å². The molecule has 0 bridgehead atoms. The molecule has 0 radical (unpaired) electrons. The van der Waals surface area contributed by atoms with Crippen molar-refractivity contribution in [3.63, 3.8) is 0 Å². The summed E-state index contributed by atoms with van der Waals surface area (Å²) in [4.78, 5) is 3.93. The summed E-state index contributed by atoms with van der Waals surface area (Å²) < 4.78 is 11.5. The van der Waals surface area contributed by atoms with E-state index in [1.54, 1.807) is 18.5 Å². The minimum Gasteiger partial charge on any atom is -0.491 e. The first kappa shape index (κ1) is 15.6. The fourth-order valence-electron chi connectivity index (χ4n) is 1.88. The van der Waals surface area contributed by atoms with E-state index in [0.29, 0.717) is 23.9 Å². The first-order valence-corrected chi connectivity index (χ1v) is 7.09. The van der Waals surface area contributed by atoms with Crippen molar-refractivity contribution in [2.24, 2.45) is 0 Å². The summed E-state index contributed by atoms with van der Waals surface area (Å²) in [6.07, 6.45) is 3.38. The van der Waals surface area contributed by atoms with Crippen molar-refractivity contribution in [1.29, 1.82) is 0 Å². The van der Waals surface area contributed by atoms with E-state index in [4.69, 9.17) is 26.8 Å². The van der Waals surface area contributed by atoms with Crippen molar-refractivity contribution >= 4 is 17.3 Å². The molecule has 1 aromatic carbocycles. The van der Waals surface area contributed by atoms with Crippen LogP contribution in [-0.2, 0) is 10.3 Å². The largest absolute Gasteiger partial charge is 0.491 e. The SMILES string of the molecule is CC(C)(OCCOc1ccncc1)c1ccc(N)c(Cl)c1. The zero-order chi connectivity index (χ0) is 15.3. The lowest BCUT2D eigenvalue weighted by Crippen LogP contribution is -2.24. The van der Waals surface area contributed by atoms with Crippen LogP contribution in [0.3, 0.4) is 0 Å². The summed E-state index contributed by atoms with van der Waals surface area (Å²) in [6, 6.07) is 9.16. The number of anilines is 1. The number of hydrogen-bond acceptors (Lipinski definition) is 4. The van der Waals surface area contributed by atoms with Crippen LogP contribution in [0, 0.1) is 0 Å². The first-order chi connectivity index (χ1) is 9.99. The fourth-order valence-corrected chi connectivity index (χ4v) is 2.06. The summed E-state index contributed by atoms with van der Waals surface area (Å²) in [6.45, 7) is 4.91. The third-order valence-corrected chi connectivity index (χ3v) is 3.49. The standard InChI is InChI=1S/C16H19ClN2O2/c1-16(2,12-3-4-15(18)14(17)11-12)21-10-9-20-13-5-7-19-8-6-13/h3-8,11H,9-10,18H2,1-2H3. The van der Waals surface area contributed by atoms with E-state index in [-0.39, 0.29) is 0 Å². The molecule has 1 heterocycles. The Morgan fingerprint density at radius 3 is 2.52 bits per heavy atom. The summed E-state index contributed by atoms with van der Waals surface area (Å²) >= 11 is 6.05. The molecule has 112 valence electrons. The van der Waals surface area contributed by atoms with Crippen molar-refractivity contribution in [2.75, 3.05) is 18.9 Å². The van der Waals surface area contributed by atoms with Gasteiger partial charge in [0.15, 0.2) is 0 Å². The van der Waals surface area contributed by atoms with E-state index in [2.05, 4.69) is 4.98 Å². The Labute approximate surface area is 129 Å². The van der Waals surface area contributed by atoms with Crippen LogP contribution in [0.4, 0.5) is 5.69 Å². The minimum atomic E-state index is -0.459. The molecule has 0 unspecified atom stereocenters. The number of nitrogen functional groups attached to an aromatic ring is 1. The third-order valence-electron chi connectivity index (χ3n) is 3.16. The zero-order valence-corrected chi connectivity index (χ0v) is 12.9. The normalized spacial score (nSPS) is 11.4. The van der Waals surface area contributed by atoms with Gasteiger partial charge >= 0.3 is 0 Å². The van der Waals surface area contributed by atoms with Crippen molar-refractivity contribution < 1.29 is 9.47 Å². The van der Waals surface area contributed by atoms with Crippen LogP contribution in [0.5, 0.6) is 5.75 Å². The number of halogens is 1. The monoisotopic (exact) mass is 306 g/mol. The molecule has 5 heteroatoms. The Bertz CT molecular complexity index is 588. The molecule has 0 fully saturated rings. The second-order valence-corrected chi connectivity index (χ2v) is 5.53. The molecule has 0 atom stereocenters. The Hall–Kier alpha value is -1.78. The molecule has 0 aliphatic heterocycles. The molecule has 0 aliphatic rings. The molecule has 21 heavy (non-hydrogen) atoms. The van der Waals surface area contributed by atoms with E-state index in [0.717, 1.165) is 11.3 Å². The summed E-state index contributed by atoms with van der Waals surface area (Å²) in [5, 5.41) is 0.539. The van der Waals surface area contributed by atoms with Crippen LogP contribution >= 0.6 is 11.6 Å². The number of nitrogens with zero attached hydrogens (tertiary/aromatic N) is 1. The average molecular weight is 307 g/mol. The highest BCUT2D eigenvalue weighted by Gasteiger charge is 2.21. The van der Waals surface area contributed by atoms with Gasteiger partial charge in [0.05, 0.1) is 22.9 Å². The van der Waals surface area contributed by atoms with E-state index in [1.165, 1.54) is 0 Å². The highest BCUT2D eigenvalue weighted by Crippen LogP contribution is 2.29. The molecule has 1 aromatic heterocycles. The predicted octanol–water partition coefficient (Wildman–Crippen LogP) is 3.65. The average Bonchev–Trinajstić information content (AvgIpc) is 2.47. The molecule has 2 aromatic rings. The number of ether oxygens (including phenoxy) is 2. The van der Waals surface area contributed by atoms with E-state index in [1.807, 2.05) is 38.1 Å². The third kappa shape index (κ3) is 4.34. The molecule has 0 saturated heterocycles. The number of nitrogens with two attached hydrogens (primary N) is 1. The van der Waals surface area contributed by atoms with Crippen molar-refractivity contribution in [2.45, 2.75) is 19.4 Å². The van der Waals surface area contributed by atoms with Gasteiger partial charge in [-0.25, -0.2) is 0 Å². The number of aromatic nitrogens is 1. The lowest BCUT2D eigenvalue weighted by atomic mass is 9.98. The molecule has 0 amide bonds. The number of hydrogen-bond donors (Lipinski definition) is 1. The Morgan fingerprint density at radius 2 is 1.86 bits per heavy atom. The molecule has 4 nitrogen and oxygen atoms in total. The Kier molecular flexibility index (Phi) is 5.04.